The van der Waals surface area contributed by atoms with Crippen molar-refractivity contribution in [2.75, 3.05) is 20.2 Å². The van der Waals surface area contributed by atoms with E-state index in [4.69, 9.17) is 9.84 Å². The van der Waals surface area contributed by atoms with Crippen LogP contribution in [0.1, 0.15) is 18.4 Å². The molecule has 0 radical (unpaired) electrons. The number of benzene rings is 1. The zero-order chi connectivity index (χ0) is 17.5. The van der Waals surface area contributed by atoms with E-state index in [2.05, 4.69) is 10.6 Å². The lowest BCUT2D eigenvalue weighted by Crippen LogP contribution is -2.46. The maximum Gasteiger partial charge on any atom is 0.315 e. The molecular weight excluding hydrogens is 314 g/mol. The van der Waals surface area contributed by atoms with Gasteiger partial charge in [0.1, 0.15) is 11.8 Å². The highest BCUT2D eigenvalue weighted by molar-refractivity contribution is 5.88. The molecule has 1 unspecified atom stereocenters. The first kappa shape index (κ1) is 17.6. The third-order valence-electron chi connectivity index (χ3n) is 3.76. The van der Waals surface area contributed by atoms with Gasteiger partial charge in [0.05, 0.1) is 13.5 Å². The number of methoxy groups -OCH3 is 1. The number of amides is 3. The predicted octanol–water partition coefficient (Wildman–Crippen LogP) is 0.570. The van der Waals surface area contributed by atoms with Crippen LogP contribution in [0.15, 0.2) is 24.3 Å². The number of likely N-dealkylation sites (tertiary alicyclic amines) is 1. The van der Waals surface area contributed by atoms with Crippen LogP contribution >= 0.6 is 0 Å². The van der Waals surface area contributed by atoms with Crippen LogP contribution in [-0.2, 0) is 16.1 Å². The van der Waals surface area contributed by atoms with E-state index in [1.165, 1.54) is 0 Å². The molecule has 0 aliphatic carbocycles. The smallest absolute Gasteiger partial charge is 0.315 e. The van der Waals surface area contributed by atoms with Crippen LogP contribution < -0.4 is 15.4 Å². The molecule has 1 aromatic carbocycles. The summed E-state index contributed by atoms with van der Waals surface area (Å²) < 4.78 is 5.10. The number of carboxylic acid groups (broad SMARTS) is 1. The van der Waals surface area contributed by atoms with Crippen LogP contribution in [0.5, 0.6) is 5.75 Å². The summed E-state index contributed by atoms with van der Waals surface area (Å²) in [6, 6.07) is 6.36. The Bertz CT molecular complexity index is 602. The van der Waals surface area contributed by atoms with Gasteiger partial charge in [0.15, 0.2) is 0 Å². The number of ether oxygens (including phenoxy) is 1. The SMILES string of the molecule is COc1ccc(CN2CCC(NC(=O)NCCC(=O)O)C2=O)cc1. The number of urea groups is 1. The fourth-order valence-corrected chi connectivity index (χ4v) is 2.47. The predicted molar refractivity (Wildman–Crippen MR) is 85.6 cm³/mol. The van der Waals surface area contributed by atoms with E-state index in [0.29, 0.717) is 19.5 Å². The van der Waals surface area contributed by atoms with Gasteiger partial charge < -0.3 is 25.4 Å². The van der Waals surface area contributed by atoms with Crippen molar-refractivity contribution in [3.05, 3.63) is 29.8 Å². The van der Waals surface area contributed by atoms with Crippen LogP contribution in [0.3, 0.4) is 0 Å². The number of aliphatic carboxylic acids is 1. The fourth-order valence-electron chi connectivity index (χ4n) is 2.47. The first-order valence-corrected chi connectivity index (χ1v) is 7.67. The largest absolute Gasteiger partial charge is 0.497 e. The van der Waals surface area contributed by atoms with Crippen molar-refractivity contribution in [2.24, 2.45) is 0 Å². The van der Waals surface area contributed by atoms with Crippen LogP contribution in [0.25, 0.3) is 0 Å². The number of carboxylic acids is 1. The minimum atomic E-state index is -0.988. The van der Waals surface area contributed by atoms with Crippen molar-refractivity contribution in [3.63, 3.8) is 0 Å². The second-order valence-electron chi connectivity index (χ2n) is 5.49. The molecule has 0 saturated carbocycles. The topological polar surface area (TPSA) is 108 Å². The summed E-state index contributed by atoms with van der Waals surface area (Å²) in [4.78, 5) is 36.1. The lowest BCUT2D eigenvalue weighted by atomic mass is 10.2. The molecule has 1 aromatic rings. The molecule has 1 atom stereocenters. The molecule has 24 heavy (non-hydrogen) atoms. The molecule has 0 aromatic heterocycles. The van der Waals surface area contributed by atoms with E-state index in [1.807, 2.05) is 24.3 Å². The molecule has 1 heterocycles. The van der Waals surface area contributed by atoms with Gasteiger partial charge in [-0.1, -0.05) is 12.1 Å². The lowest BCUT2D eigenvalue weighted by Gasteiger charge is -2.17. The standard InChI is InChI=1S/C16H21N3O5/c1-24-12-4-2-11(3-5-12)10-19-9-7-13(15(19)22)18-16(23)17-8-6-14(20)21/h2-5,13H,6-10H2,1H3,(H,20,21)(H2,17,18,23). The number of rotatable bonds is 7. The molecule has 3 N–H and O–H groups in total. The normalized spacial score (nSPS) is 16.8. The number of carbonyl (C=O) groups excluding carboxylic acids is 2. The van der Waals surface area contributed by atoms with Crippen molar-refractivity contribution in [2.45, 2.75) is 25.4 Å². The maximum absolute atomic E-state index is 12.3. The quantitative estimate of drug-likeness (QED) is 0.675. The van der Waals surface area contributed by atoms with E-state index in [9.17, 15) is 14.4 Å². The monoisotopic (exact) mass is 335 g/mol. The summed E-state index contributed by atoms with van der Waals surface area (Å²) >= 11 is 0. The minimum Gasteiger partial charge on any atom is -0.497 e. The van der Waals surface area contributed by atoms with Gasteiger partial charge in [-0.3, -0.25) is 9.59 Å². The second-order valence-corrected chi connectivity index (χ2v) is 5.49. The first-order valence-electron chi connectivity index (χ1n) is 7.67. The molecule has 0 spiro atoms. The van der Waals surface area contributed by atoms with Gasteiger partial charge in [0.2, 0.25) is 5.91 Å². The van der Waals surface area contributed by atoms with Gasteiger partial charge in [-0.25, -0.2) is 4.79 Å². The summed E-state index contributed by atoms with van der Waals surface area (Å²) in [7, 11) is 1.59. The van der Waals surface area contributed by atoms with Crippen LogP contribution in [-0.4, -0.2) is 54.2 Å². The highest BCUT2D eigenvalue weighted by Gasteiger charge is 2.32. The Balaban J connectivity index is 1.81. The van der Waals surface area contributed by atoms with Crippen molar-refractivity contribution >= 4 is 17.9 Å². The van der Waals surface area contributed by atoms with Gasteiger partial charge in [-0.2, -0.15) is 0 Å². The van der Waals surface area contributed by atoms with Crippen molar-refractivity contribution in [3.8, 4) is 5.75 Å². The average molecular weight is 335 g/mol. The highest BCUT2D eigenvalue weighted by atomic mass is 16.5. The number of hydrogen-bond donors (Lipinski definition) is 3. The van der Waals surface area contributed by atoms with Crippen LogP contribution in [0.2, 0.25) is 0 Å². The Hall–Kier alpha value is -2.77. The lowest BCUT2D eigenvalue weighted by molar-refractivity contribution is -0.136. The number of nitrogens with one attached hydrogen (secondary N) is 2. The third-order valence-corrected chi connectivity index (χ3v) is 3.76. The molecule has 130 valence electrons. The van der Waals surface area contributed by atoms with Crippen LogP contribution in [0.4, 0.5) is 4.79 Å². The van der Waals surface area contributed by atoms with E-state index in [-0.39, 0.29) is 18.9 Å². The molecule has 1 saturated heterocycles. The van der Waals surface area contributed by atoms with E-state index >= 15 is 0 Å². The number of nitrogens with zero attached hydrogens (tertiary/aromatic N) is 1. The van der Waals surface area contributed by atoms with Crippen molar-refractivity contribution in [1.29, 1.82) is 0 Å². The van der Waals surface area contributed by atoms with Crippen LogP contribution in [0, 0.1) is 0 Å². The molecule has 3 amide bonds. The summed E-state index contributed by atoms with van der Waals surface area (Å²) in [6.45, 7) is 1.06. The fraction of sp³-hybridized carbons (Fsp3) is 0.438. The summed E-state index contributed by atoms with van der Waals surface area (Å²) in [5, 5.41) is 13.5. The average Bonchev–Trinajstić information content (AvgIpc) is 2.88. The molecular formula is C16H21N3O5. The third kappa shape index (κ3) is 4.87. The van der Waals surface area contributed by atoms with Gasteiger partial charge in [0, 0.05) is 19.6 Å². The molecule has 8 heteroatoms. The Morgan fingerprint density at radius 3 is 2.67 bits per heavy atom. The Labute approximate surface area is 139 Å². The molecule has 0 bridgehead atoms. The highest BCUT2D eigenvalue weighted by Crippen LogP contribution is 2.17. The Kier molecular flexibility index (Phi) is 6.00. The summed E-state index contributed by atoms with van der Waals surface area (Å²) in [5.41, 5.74) is 0.982. The molecule has 8 nitrogen and oxygen atoms in total. The zero-order valence-electron chi connectivity index (χ0n) is 13.4. The first-order chi connectivity index (χ1) is 11.5. The maximum atomic E-state index is 12.3. The zero-order valence-corrected chi connectivity index (χ0v) is 13.4. The number of hydrogen-bond acceptors (Lipinski definition) is 4. The Morgan fingerprint density at radius 2 is 2.04 bits per heavy atom. The Morgan fingerprint density at radius 1 is 1.33 bits per heavy atom. The van der Waals surface area contributed by atoms with E-state index < -0.39 is 18.0 Å². The minimum absolute atomic E-state index is 0.0254. The number of carbonyl (C=O) groups is 3. The van der Waals surface area contributed by atoms with Gasteiger partial charge in [-0.15, -0.1) is 0 Å². The van der Waals surface area contributed by atoms with Gasteiger partial charge in [0.25, 0.3) is 0 Å². The van der Waals surface area contributed by atoms with Gasteiger partial charge >= 0.3 is 12.0 Å². The molecule has 1 fully saturated rings. The summed E-state index contributed by atoms with van der Waals surface area (Å²) in [6.07, 6.45) is 0.372. The van der Waals surface area contributed by atoms with Gasteiger partial charge in [-0.05, 0) is 24.1 Å². The van der Waals surface area contributed by atoms with Crippen molar-refractivity contribution < 1.29 is 24.2 Å². The van der Waals surface area contributed by atoms with E-state index in [0.717, 1.165) is 11.3 Å². The summed E-state index contributed by atoms with van der Waals surface area (Å²) in [5.74, 6) is -0.374. The molecule has 1 aliphatic rings. The molecule has 1 aliphatic heterocycles. The van der Waals surface area contributed by atoms with E-state index in [1.54, 1.807) is 12.0 Å². The molecule has 2 rings (SSSR count). The van der Waals surface area contributed by atoms with Crippen molar-refractivity contribution in [1.82, 2.24) is 15.5 Å². The second kappa shape index (κ2) is 8.19.